The summed E-state index contributed by atoms with van der Waals surface area (Å²) in [5.41, 5.74) is 1.69. The van der Waals surface area contributed by atoms with Crippen molar-refractivity contribution in [2.24, 2.45) is 0 Å². The Bertz CT molecular complexity index is 1190. The van der Waals surface area contributed by atoms with E-state index >= 15 is 0 Å². The van der Waals surface area contributed by atoms with Gasteiger partial charge in [-0.3, -0.25) is 14.5 Å². The molecule has 1 fully saturated rings. The molecule has 0 aliphatic carbocycles. The lowest BCUT2D eigenvalue weighted by Crippen LogP contribution is -2.27. The number of benzene rings is 1. The van der Waals surface area contributed by atoms with Crippen molar-refractivity contribution in [1.82, 2.24) is 9.47 Å². The number of carbonyl (C=O) groups is 3. The van der Waals surface area contributed by atoms with Gasteiger partial charge in [0.1, 0.15) is 5.76 Å². The summed E-state index contributed by atoms with van der Waals surface area (Å²) in [4.78, 5) is 37.1. The first kappa shape index (κ1) is 18.8. The minimum atomic E-state index is -1.12. The largest absolute Gasteiger partial charge is 0.475 e. The molecule has 0 radical (unpaired) electrons. The van der Waals surface area contributed by atoms with Crippen LogP contribution < -0.4 is 0 Å². The maximum atomic E-state index is 12.5. The summed E-state index contributed by atoms with van der Waals surface area (Å²) >= 11 is 0.903. The second-order valence-electron chi connectivity index (χ2n) is 6.38. The van der Waals surface area contributed by atoms with Gasteiger partial charge in [-0.15, -0.1) is 6.58 Å². The van der Waals surface area contributed by atoms with E-state index in [2.05, 4.69) is 6.58 Å². The zero-order valence-electron chi connectivity index (χ0n) is 15.2. The van der Waals surface area contributed by atoms with Crippen molar-refractivity contribution in [2.45, 2.75) is 6.54 Å². The number of para-hydroxylation sites is 1. The quantitative estimate of drug-likeness (QED) is 0.485. The molecule has 0 bridgehead atoms. The number of hydrogen-bond acceptors (Lipinski definition) is 5. The number of hydrogen-bond donors (Lipinski definition) is 1. The lowest BCUT2D eigenvalue weighted by Gasteiger charge is -2.07. The Kier molecular flexibility index (Phi) is 4.85. The highest BCUT2D eigenvalue weighted by Crippen LogP contribution is 2.34. The molecule has 1 aromatic carbocycles. The van der Waals surface area contributed by atoms with Crippen LogP contribution in [0, 0.1) is 0 Å². The maximum Gasteiger partial charge on any atom is 0.371 e. The molecule has 29 heavy (non-hydrogen) atoms. The minimum Gasteiger partial charge on any atom is -0.475 e. The first-order valence-corrected chi connectivity index (χ1v) is 9.55. The van der Waals surface area contributed by atoms with Crippen LogP contribution in [-0.2, 0) is 11.3 Å². The number of amides is 2. The van der Waals surface area contributed by atoms with E-state index in [-0.39, 0.29) is 23.5 Å². The molecule has 4 rings (SSSR count). The fraction of sp³-hybridized carbons (Fsp3) is 0.0952. The number of imide groups is 1. The molecule has 0 saturated carbocycles. The maximum absolute atomic E-state index is 12.5. The molecule has 1 saturated heterocycles. The van der Waals surface area contributed by atoms with Gasteiger partial charge in [0, 0.05) is 29.2 Å². The van der Waals surface area contributed by atoms with Crippen LogP contribution in [0.2, 0.25) is 0 Å². The number of furan rings is 1. The van der Waals surface area contributed by atoms with Crippen LogP contribution >= 0.6 is 11.8 Å². The van der Waals surface area contributed by atoms with Gasteiger partial charge in [0.05, 0.1) is 11.4 Å². The molecule has 1 aliphatic rings. The number of aromatic carboxylic acids is 1. The van der Waals surface area contributed by atoms with E-state index < -0.39 is 5.97 Å². The van der Waals surface area contributed by atoms with Gasteiger partial charge in [0.2, 0.25) is 5.76 Å². The van der Waals surface area contributed by atoms with Crippen LogP contribution in [-0.4, -0.2) is 38.2 Å². The molecular formula is C21H16N2O5S. The standard InChI is InChI=1S/C21H16N2O5S/c1-2-9-23-19(24)18(29-21(23)27)10-13-11-22(16-6-4-3-5-15(13)16)12-14-7-8-17(28-14)20(25)26/h2-8,10-11H,1,9,12H2,(H,25,26)/b18-10-. The van der Waals surface area contributed by atoms with E-state index in [1.165, 1.54) is 12.1 Å². The predicted octanol–water partition coefficient (Wildman–Crippen LogP) is 4.20. The van der Waals surface area contributed by atoms with Gasteiger partial charge < -0.3 is 14.1 Å². The molecule has 1 N–H and O–H groups in total. The Balaban J connectivity index is 1.71. The van der Waals surface area contributed by atoms with E-state index in [0.717, 1.165) is 33.1 Å². The molecule has 0 unspecified atom stereocenters. The number of aromatic nitrogens is 1. The van der Waals surface area contributed by atoms with Crippen molar-refractivity contribution in [3.05, 3.63) is 77.2 Å². The average molecular weight is 408 g/mol. The van der Waals surface area contributed by atoms with E-state index in [0.29, 0.717) is 17.2 Å². The number of carboxylic acid groups (broad SMARTS) is 1. The zero-order chi connectivity index (χ0) is 20.5. The summed E-state index contributed by atoms with van der Waals surface area (Å²) in [6.07, 6.45) is 5.08. The second kappa shape index (κ2) is 7.48. The Hall–Kier alpha value is -3.52. The zero-order valence-corrected chi connectivity index (χ0v) is 16.0. The first-order valence-electron chi connectivity index (χ1n) is 8.74. The normalized spacial score (nSPS) is 15.6. The Labute approximate surface area is 169 Å². The predicted molar refractivity (Wildman–Crippen MR) is 110 cm³/mol. The number of nitrogens with zero attached hydrogens (tertiary/aromatic N) is 2. The van der Waals surface area contributed by atoms with Crippen LogP contribution in [0.1, 0.15) is 21.9 Å². The third-order valence-electron chi connectivity index (χ3n) is 4.49. The highest BCUT2D eigenvalue weighted by atomic mass is 32.2. The second-order valence-corrected chi connectivity index (χ2v) is 7.37. The number of rotatable bonds is 6. The number of carboxylic acids is 1. The summed E-state index contributed by atoms with van der Waals surface area (Å²) in [5.74, 6) is -1.08. The van der Waals surface area contributed by atoms with Crippen molar-refractivity contribution >= 4 is 45.9 Å². The van der Waals surface area contributed by atoms with Crippen molar-refractivity contribution in [2.75, 3.05) is 6.54 Å². The molecule has 0 atom stereocenters. The van der Waals surface area contributed by atoms with Crippen LogP contribution in [0.15, 0.2) is 64.6 Å². The molecule has 3 aromatic rings. The van der Waals surface area contributed by atoms with Crippen molar-refractivity contribution in [3.8, 4) is 0 Å². The van der Waals surface area contributed by atoms with Crippen LogP contribution in [0.25, 0.3) is 17.0 Å². The van der Waals surface area contributed by atoms with E-state index in [1.807, 2.05) is 35.0 Å². The van der Waals surface area contributed by atoms with E-state index in [9.17, 15) is 14.4 Å². The third-order valence-corrected chi connectivity index (χ3v) is 5.40. The third kappa shape index (κ3) is 3.50. The molecule has 7 nitrogen and oxygen atoms in total. The average Bonchev–Trinajstić information content (AvgIpc) is 3.37. The topological polar surface area (TPSA) is 92.8 Å². The van der Waals surface area contributed by atoms with Crippen molar-refractivity contribution in [1.29, 1.82) is 0 Å². The van der Waals surface area contributed by atoms with Crippen LogP contribution in [0.4, 0.5) is 4.79 Å². The Morgan fingerprint density at radius 1 is 1.21 bits per heavy atom. The van der Waals surface area contributed by atoms with Gasteiger partial charge >= 0.3 is 5.97 Å². The summed E-state index contributed by atoms with van der Waals surface area (Å²) in [6, 6.07) is 10.7. The fourth-order valence-electron chi connectivity index (χ4n) is 3.19. The highest BCUT2D eigenvalue weighted by Gasteiger charge is 2.34. The number of fused-ring (bicyclic) bond motifs is 1. The lowest BCUT2D eigenvalue weighted by molar-refractivity contribution is -0.122. The van der Waals surface area contributed by atoms with E-state index in [1.54, 1.807) is 12.1 Å². The fourth-order valence-corrected chi connectivity index (χ4v) is 4.03. The summed E-state index contributed by atoms with van der Waals surface area (Å²) in [7, 11) is 0. The van der Waals surface area contributed by atoms with Gasteiger partial charge in [-0.2, -0.15) is 0 Å². The Morgan fingerprint density at radius 2 is 2.00 bits per heavy atom. The van der Waals surface area contributed by atoms with E-state index in [4.69, 9.17) is 9.52 Å². The molecular weight excluding hydrogens is 392 g/mol. The monoisotopic (exact) mass is 408 g/mol. The van der Waals surface area contributed by atoms with Gasteiger partial charge in [0.25, 0.3) is 11.1 Å². The number of thioether (sulfide) groups is 1. The molecule has 3 heterocycles. The summed E-state index contributed by atoms with van der Waals surface area (Å²) in [5, 5.41) is 9.62. The Morgan fingerprint density at radius 3 is 2.72 bits per heavy atom. The lowest BCUT2D eigenvalue weighted by atomic mass is 10.1. The molecule has 146 valence electrons. The highest BCUT2D eigenvalue weighted by molar-refractivity contribution is 8.18. The summed E-state index contributed by atoms with van der Waals surface area (Å²) in [6.45, 7) is 4.08. The van der Waals surface area contributed by atoms with Crippen molar-refractivity contribution in [3.63, 3.8) is 0 Å². The smallest absolute Gasteiger partial charge is 0.371 e. The van der Waals surface area contributed by atoms with Gasteiger partial charge in [-0.05, 0) is 36.0 Å². The van der Waals surface area contributed by atoms with Gasteiger partial charge in [0.15, 0.2) is 0 Å². The van der Waals surface area contributed by atoms with Gasteiger partial charge in [-0.25, -0.2) is 4.79 Å². The van der Waals surface area contributed by atoms with Crippen LogP contribution in [0.3, 0.4) is 0 Å². The van der Waals surface area contributed by atoms with Crippen molar-refractivity contribution < 1.29 is 23.9 Å². The first-order chi connectivity index (χ1) is 14.0. The van der Waals surface area contributed by atoms with Gasteiger partial charge in [-0.1, -0.05) is 24.3 Å². The molecule has 1 aliphatic heterocycles. The summed E-state index contributed by atoms with van der Waals surface area (Å²) < 4.78 is 7.27. The van der Waals surface area contributed by atoms with Crippen LogP contribution in [0.5, 0.6) is 0 Å². The molecule has 2 amide bonds. The number of carbonyl (C=O) groups excluding carboxylic acids is 2. The molecule has 8 heteroatoms. The minimum absolute atomic E-state index is 0.118. The molecule has 0 spiro atoms. The molecule has 2 aromatic heterocycles. The SMILES string of the molecule is C=CCN1C(=O)S/C(=C\c2cn(Cc3ccc(C(=O)O)o3)c3ccccc23)C1=O.